The number of rotatable bonds is 6. The van der Waals surface area contributed by atoms with E-state index < -0.39 is 5.97 Å². The van der Waals surface area contributed by atoms with E-state index in [1.807, 2.05) is 14.0 Å². The fraction of sp³-hybridized carbons (Fsp3) is 0.474. The molecule has 2 N–H and O–H groups in total. The highest BCUT2D eigenvalue weighted by Gasteiger charge is 2.24. The highest BCUT2D eigenvalue weighted by Crippen LogP contribution is 2.31. The third kappa shape index (κ3) is 4.34. The molecule has 3 aromatic rings. The number of esters is 1. The lowest BCUT2D eigenvalue weighted by atomic mass is 10.3. The Kier molecular flexibility index (Phi) is 6.46. The van der Waals surface area contributed by atoms with Crippen LogP contribution in [0, 0.1) is 0 Å². The van der Waals surface area contributed by atoms with Gasteiger partial charge in [-0.15, -0.1) is 11.3 Å². The second-order valence-corrected chi connectivity index (χ2v) is 7.74. The second-order valence-electron chi connectivity index (χ2n) is 6.88. The number of hydrogen-bond acceptors (Lipinski definition) is 10. The van der Waals surface area contributed by atoms with Crippen LogP contribution in [0.25, 0.3) is 22.0 Å². The van der Waals surface area contributed by atoms with E-state index in [1.54, 1.807) is 16.9 Å². The van der Waals surface area contributed by atoms with Crippen molar-refractivity contribution < 1.29 is 19.1 Å². The van der Waals surface area contributed by atoms with Gasteiger partial charge >= 0.3 is 12.0 Å². The zero-order valence-corrected chi connectivity index (χ0v) is 18.9. The Morgan fingerprint density at radius 3 is 2.69 bits per heavy atom. The van der Waals surface area contributed by atoms with Gasteiger partial charge in [0.05, 0.1) is 19.8 Å². The zero-order valence-electron chi connectivity index (χ0n) is 18.0. The Bertz CT molecular complexity index is 1140. The van der Waals surface area contributed by atoms with Gasteiger partial charge in [0, 0.05) is 32.1 Å². The molecule has 0 saturated carbocycles. The van der Waals surface area contributed by atoms with E-state index in [0.717, 1.165) is 0 Å². The molecular weight excluding hydrogens is 436 g/mol. The summed E-state index contributed by atoms with van der Waals surface area (Å²) in [6, 6.07) is -0.388. The van der Waals surface area contributed by atoms with E-state index in [4.69, 9.17) is 14.5 Å². The number of aryl methyl sites for hydroxylation is 1. The maximum absolute atomic E-state index is 12.1. The number of nitrogens with zero attached hydrogens (tertiary/aromatic N) is 6. The summed E-state index contributed by atoms with van der Waals surface area (Å²) in [5.74, 6) is 0.843. The summed E-state index contributed by atoms with van der Waals surface area (Å²) < 4.78 is 12.3. The predicted octanol–water partition coefficient (Wildman–Crippen LogP) is 1.64. The minimum Gasteiger partial charge on any atom is -0.461 e. The van der Waals surface area contributed by atoms with Crippen molar-refractivity contribution in [3.8, 4) is 10.8 Å². The number of ether oxygens (including phenoxy) is 2. The quantitative estimate of drug-likeness (QED) is 0.526. The predicted molar refractivity (Wildman–Crippen MR) is 119 cm³/mol. The number of amides is 2. The number of morpholine rings is 1. The molecule has 1 aliphatic heterocycles. The minimum atomic E-state index is -0.476. The molecule has 0 unspecified atom stereocenters. The first-order valence-corrected chi connectivity index (χ1v) is 11.1. The highest BCUT2D eigenvalue weighted by molar-refractivity contribution is 7.13. The lowest BCUT2D eigenvalue weighted by molar-refractivity contribution is 0.0520. The normalized spacial score (nSPS) is 13.9. The molecule has 0 radical (unpaired) electrons. The molecule has 0 aliphatic carbocycles. The van der Waals surface area contributed by atoms with E-state index in [9.17, 15) is 9.59 Å². The molecule has 2 amide bonds. The maximum atomic E-state index is 12.1. The fourth-order valence-corrected chi connectivity index (χ4v) is 4.08. The molecule has 12 nitrogen and oxygen atoms in total. The van der Waals surface area contributed by atoms with E-state index in [1.165, 1.54) is 11.3 Å². The van der Waals surface area contributed by atoms with Crippen molar-refractivity contribution in [2.24, 2.45) is 7.05 Å². The smallest absolute Gasteiger partial charge is 0.357 e. The van der Waals surface area contributed by atoms with Crippen molar-refractivity contribution >= 4 is 46.3 Å². The number of carbonyl (C=O) groups is 2. The third-order valence-corrected chi connectivity index (χ3v) is 5.59. The molecule has 0 atom stereocenters. The summed E-state index contributed by atoms with van der Waals surface area (Å²) in [5, 5.41) is 7.55. The summed E-state index contributed by atoms with van der Waals surface area (Å²) in [6.45, 7) is 6.75. The topological polar surface area (TPSA) is 136 Å². The van der Waals surface area contributed by atoms with Crippen molar-refractivity contribution in [3.63, 3.8) is 0 Å². The van der Waals surface area contributed by atoms with Crippen LogP contribution in [0.4, 0.5) is 16.6 Å². The van der Waals surface area contributed by atoms with Gasteiger partial charge < -0.3 is 24.3 Å². The lowest BCUT2D eigenvalue weighted by Crippen LogP contribution is -2.37. The molecule has 4 rings (SSSR count). The Morgan fingerprint density at radius 1 is 1.19 bits per heavy atom. The summed E-state index contributed by atoms with van der Waals surface area (Å²) in [6.07, 6.45) is 0. The van der Waals surface area contributed by atoms with Crippen LogP contribution in [0.15, 0.2) is 5.38 Å². The standard InChI is InChI=1S/C19H24N8O4S/c1-4-20-19(29)25-18-23-13-12(14(24-18)27-6-8-30-9-7-27)22-15(26(13)3)16-21-11(10-32-16)17(28)31-5-2/h10H,4-9H2,1-3H3,(H2,20,23,24,25,29). The van der Waals surface area contributed by atoms with E-state index in [2.05, 4.69) is 30.5 Å². The van der Waals surface area contributed by atoms with Gasteiger partial charge in [-0.2, -0.15) is 9.97 Å². The van der Waals surface area contributed by atoms with Crippen molar-refractivity contribution in [2.75, 3.05) is 49.7 Å². The molecule has 1 aliphatic rings. The fourth-order valence-electron chi connectivity index (χ4n) is 3.27. The summed E-state index contributed by atoms with van der Waals surface area (Å²) >= 11 is 1.29. The molecule has 4 heterocycles. The van der Waals surface area contributed by atoms with Gasteiger partial charge in [0.25, 0.3) is 0 Å². The lowest BCUT2D eigenvalue weighted by Gasteiger charge is -2.28. The average molecular weight is 461 g/mol. The van der Waals surface area contributed by atoms with Crippen molar-refractivity contribution in [1.82, 2.24) is 29.8 Å². The van der Waals surface area contributed by atoms with Gasteiger partial charge in [-0.05, 0) is 13.8 Å². The number of anilines is 2. The van der Waals surface area contributed by atoms with Crippen molar-refractivity contribution in [2.45, 2.75) is 13.8 Å². The van der Waals surface area contributed by atoms with Gasteiger partial charge in [-0.1, -0.05) is 0 Å². The van der Waals surface area contributed by atoms with Gasteiger partial charge in [0.15, 0.2) is 33.5 Å². The van der Waals surface area contributed by atoms with Crippen LogP contribution < -0.4 is 15.5 Å². The third-order valence-electron chi connectivity index (χ3n) is 4.75. The number of fused-ring (bicyclic) bond motifs is 1. The molecule has 13 heteroatoms. The Morgan fingerprint density at radius 2 is 1.97 bits per heavy atom. The number of thiazole rings is 1. The molecule has 170 valence electrons. The second kappa shape index (κ2) is 9.44. The average Bonchev–Trinajstić information content (AvgIpc) is 3.40. The first-order valence-electron chi connectivity index (χ1n) is 10.3. The molecule has 3 aromatic heterocycles. The largest absolute Gasteiger partial charge is 0.461 e. The monoisotopic (exact) mass is 460 g/mol. The van der Waals surface area contributed by atoms with Gasteiger partial charge in [-0.25, -0.2) is 19.6 Å². The van der Waals surface area contributed by atoms with E-state index in [-0.39, 0.29) is 24.3 Å². The van der Waals surface area contributed by atoms with Gasteiger partial charge in [-0.3, -0.25) is 5.32 Å². The maximum Gasteiger partial charge on any atom is 0.357 e. The number of carbonyl (C=O) groups excluding carboxylic acids is 2. The molecule has 32 heavy (non-hydrogen) atoms. The number of aromatic nitrogens is 5. The number of urea groups is 1. The molecule has 0 aromatic carbocycles. The zero-order chi connectivity index (χ0) is 22.7. The minimum absolute atomic E-state index is 0.172. The van der Waals surface area contributed by atoms with E-state index in [0.29, 0.717) is 60.7 Å². The van der Waals surface area contributed by atoms with Crippen molar-refractivity contribution in [3.05, 3.63) is 11.1 Å². The molecular formula is C19H24N8O4S. The van der Waals surface area contributed by atoms with Crippen molar-refractivity contribution in [1.29, 1.82) is 0 Å². The Hall–Kier alpha value is -3.32. The van der Waals surface area contributed by atoms with Gasteiger partial charge in [0.2, 0.25) is 5.95 Å². The van der Waals surface area contributed by atoms with Crippen LogP contribution in [-0.4, -0.2) is 76.0 Å². The summed E-state index contributed by atoms with van der Waals surface area (Å²) in [4.78, 5) is 44.4. The molecule has 1 saturated heterocycles. The summed E-state index contributed by atoms with van der Waals surface area (Å²) in [5.41, 5.74) is 1.35. The number of nitrogens with one attached hydrogen (secondary N) is 2. The Balaban J connectivity index is 1.78. The van der Waals surface area contributed by atoms with Crippen LogP contribution in [0.3, 0.4) is 0 Å². The highest BCUT2D eigenvalue weighted by atomic mass is 32.1. The molecule has 1 fully saturated rings. The number of imidazole rings is 1. The molecule has 0 bridgehead atoms. The van der Waals surface area contributed by atoms with Gasteiger partial charge in [0.1, 0.15) is 0 Å². The first kappa shape index (κ1) is 21.9. The Labute approximate surface area is 188 Å². The van der Waals surface area contributed by atoms with Crippen LogP contribution in [0.5, 0.6) is 0 Å². The van der Waals surface area contributed by atoms with Crippen LogP contribution in [-0.2, 0) is 16.5 Å². The first-order chi connectivity index (χ1) is 15.5. The SMILES string of the molecule is CCNC(=O)Nc1nc(N2CCOCC2)c2nc(-c3nc(C(=O)OCC)cs3)n(C)c2n1. The number of hydrogen-bond donors (Lipinski definition) is 2. The van der Waals surface area contributed by atoms with E-state index >= 15 is 0 Å². The van der Waals surface area contributed by atoms with Crippen LogP contribution in [0.1, 0.15) is 24.3 Å². The summed E-state index contributed by atoms with van der Waals surface area (Å²) in [7, 11) is 1.81. The van der Waals surface area contributed by atoms with Crippen LogP contribution in [0.2, 0.25) is 0 Å². The molecule has 0 spiro atoms. The van der Waals surface area contributed by atoms with Crippen LogP contribution >= 0.6 is 11.3 Å².